The van der Waals surface area contributed by atoms with Crippen molar-refractivity contribution in [1.29, 1.82) is 0 Å². The van der Waals surface area contributed by atoms with E-state index in [0.717, 1.165) is 0 Å². The molecule has 0 aliphatic carbocycles. The molecule has 0 saturated heterocycles. The summed E-state index contributed by atoms with van der Waals surface area (Å²) in [5.41, 5.74) is 2.03. The van der Waals surface area contributed by atoms with Crippen molar-refractivity contribution in [1.82, 2.24) is 4.98 Å². The maximum atomic E-state index is 11.8. The zero-order valence-electron chi connectivity index (χ0n) is 11.6. The van der Waals surface area contributed by atoms with Crippen molar-refractivity contribution in [2.24, 2.45) is 0 Å². The molecule has 2 rings (SSSR count). The predicted octanol–water partition coefficient (Wildman–Crippen LogP) is 2.58. The number of hydrogen-bond donors (Lipinski definition) is 0. The maximum absolute atomic E-state index is 11.8. The van der Waals surface area contributed by atoms with E-state index in [2.05, 4.69) is 4.98 Å². The Kier molecular flexibility index (Phi) is 4.23. The Morgan fingerprint density at radius 1 is 1.10 bits per heavy atom. The molecule has 106 valence electrons. The van der Waals surface area contributed by atoms with E-state index in [1.54, 1.807) is 24.3 Å². The van der Waals surface area contributed by atoms with E-state index >= 15 is 0 Å². The van der Waals surface area contributed by atoms with Crippen molar-refractivity contribution in [2.45, 2.75) is 6.92 Å². The first-order valence-corrected chi connectivity index (χ1v) is 6.21. The summed E-state index contributed by atoms with van der Waals surface area (Å²) < 4.78 is 4.98. The molecule has 0 aliphatic heterocycles. The normalized spacial score (nSPS) is 10.0. The Hall–Kier alpha value is -2.82. The zero-order chi connectivity index (χ0) is 15.4. The van der Waals surface area contributed by atoms with Crippen LogP contribution < -0.4 is 4.74 Å². The lowest BCUT2D eigenvalue weighted by Crippen LogP contribution is -2.02. The van der Waals surface area contributed by atoms with Crippen molar-refractivity contribution < 1.29 is 19.1 Å². The number of benzene rings is 1. The van der Waals surface area contributed by atoms with Crippen LogP contribution in [0.25, 0.3) is 11.1 Å². The highest BCUT2D eigenvalue weighted by atomic mass is 16.5. The molecule has 0 aliphatic rings. The van der Waals surface area contributed by atoms with Crippen LogP contribution >= 0.6 is 0 Å². The molecular weight excluding hydrogens is 270 g/mol. The summed E-state index contributed by atoms with van der Waals surface area (Å²) in [4.78, 5) is 37.9. The fraction of sp³-hybridized carbons (Fsp3) is 0.125. The Labute approximate surface area is 121 Å². The van der Waals surface area contributed by atoms with E-state index in [-0.39, 0.29) is 11.5 Å². The van der Waals surface area contributed by atoms with E-state index in [4.69, 9.17) is 4.74 Å². The number of ether oxygens (including phenoxy) is 1. The van der Waals surface area contributed by atoms with Gasteiger partial charge in [-0.3, -0.25) is 14.4 Å². The molecule has 0 spiro atoms. The molecule has 0 bridgehead atoms. The highest BCUT2D eigenvalue weighted by molar-refractivity contribution is 6.03. The van der Waals surface area contributed by atoms with Gasteiger partial charge in [-0.1, -0.05) is 12.1 Å². The van der Waals surface area contributed by atoms with Crippen molar-refractivity contribution in [3.8, 4) is 17.0 Å². The van der Waals surface area contributed by atoms with E-state index in [9.17, 15) is 14.4 Å². The number of carbonyl (C=O) groups is 3. The fourth-order valence-electron chi connectivity index (χ4n) is 2.05. The van der Waals surface area contributed by atoms with Gasteiger partial charge in [0.15, 0.2) is 12.1 Å². The summed E-state index contributed by atoms with van der Waals surface area (Å²) in [5, 5.41) is 0. The summed E-state index contributed by atoms with van der Waals surface area (Å²) in [6, 6.07) is 8.01. The predicted molar refractivity (Wildman–Crippen MR) is 77.0 cm³/mol. The lowest BCUT2D eigenvalue weighted by Gasteiger charge is -2.10. The van der Waals surface area contributed by atoms with E-state index in [0.29, 0.717) is 40.7 Å². The van der Waals surface area contributed by atoms with Crippen LogP contribution in [0.2, 0.25) is 0 Å². The molecule has 0 radical (unpaired) electrons. The molecule has 5 nitrogen and oxygen atoms in total. The lowest BCUT2D eigenvalue weighted by atomic mass is 9.95. The number of Topliss-reactive ketones (excluding diaryl/α,β-unsaturated/α-hetero) is 1. The third kappa shape index (κ3) is 2.86. The third-order valence-corrected chi connectivity index (χ3v) is 3.07. The van der Waals surface area contributed by atoms with Gasteiger partial charge in [-0.25, -0.2) is 4.98 Å². The quantitative estimate of drug-likeness (QED) is 0.623. The SMILES string of the molecule is COc1ccc(-c2ccc(C=O)cc2C(C)=O)c(C=O)n1. The molecule has 0 unspecified atom stereocenters. The standard InChI is InChI=1S/C16H13NO4/c1-10(20)14-7-11(8-18)3-4-12(14)13-5-6-16(21-2)17-15(13)9-19/h3-9H,1-2H3. The average molecular weight is 283 g/mol. The van der Waals surface area contributed by atoms with Gasteiger partial charge in [0.05, 0.1) is 7.11 Å². The number of hydrogen-bond acceptors (Lipinski definition) is 5. The van der Waals surface area contributed by atoms with Crippen LogP contribution in [0.15, 0.2) is 30.3 Å². The van der Waals surface area contributed by atoms with Crippen LogP contribution in [0.3, 0.4) is 0 Å². The van der Waals surface area contributed by atoms with Crippen LogP contribution in [0.4, 0.5) is 0 Å². The molecule has 5 heteroatoms. The molecule has 0 fully saturated rings. The minimum Gasteiger partial charge on any atom is -0.481 e. The summed E-state index contributed by atoms with van der Waals surface area (Å²) in [7, 11) is 1.45. The maximum Gasteiger partial charge on any atom is 0.213 e. The Bertz CT molecular complexity index is 722. The van der Waals surface area contributed by atoms with Gasteiger partial charge >= 0.3 is 0 Å². The Morgan fingerprint density at radius 2 is 1.81 bits per heavy atom. The van der Waals surface area contributed by atoms with Gasteiger partial charge in [0.25, 0.3) is 0 Å². The molecule has 1 heterocycles. The van der Waals surface area contributed by atoms with E-state index in [1.165, 1.54) is 20.1 Å². The van der Waals surface area contributed by atoms with Crippen molar-refractivity contribution in [2.75, 3.05) is 7.11 Å². The molecule has 1 aromatic carbocycles. The first-order chi connectivity index (χ1) is 10.1. The van der Waals surface area contributed by atoms with Crippen LogP contribution in [0.5, 0.6) is 5.88 Å². The second-order valence-corrected chi connectivity index (χ2v) is 4.38. The van der Waals surface area contributed by atoms with Gasteiger partial charge in [-0.05, 0) is 24.6 Å². The number of rotatable bonds is 5. The minimum absolute atomic E-state index is 0.177. The topological polar surface area (TPSA) is 73.3 Å². The van der Waals surface area contributed by atoms with Gasteiger partial charge in [0.2, 0.25) is 5.88 Å². The first-order valence-electron chi connectivity index (χ1n) is 6.21. The second kappa shape index (κ2) is 6.09. The summed E-state index contributed by atoms with van der Waals surface area (Å²) in [5.74, 6) is 0.121. The summed E-state index contributed by atoms with van der Waals surface area (Å²) in [6.07, 6.45) is 1.28. The molecule has 0 atom stereocenters. The van der Waals surface area contributed by atoms with Gasteiger partial charge in [-0.15, -0.1) is 0 Å². The summed E-state index contributed by atoms with van der Waals surface area (Å²) >= 11 is 0. The number of aromatic nitrogens is 1. The number of carbonyl (C=O) groups excluding carboxylic acids is 3. The van der Waals surface area contributed by atoms with Gasteiger partial charge in [0.1, 0.15) is 12.0 Å². The van der Waals surface area contributed by atoms with Crippen LogP contribution in [0.1, 0.15) is 38.1 Å². The highest BCUT2D eigenvalue weighted by Gasteiger charge is 2.15. The van der Waals surface area contributed by atoms with E-state index < -0.39 is 0 Å². The third-order valence-electron chi connectivity index (χ3n) is 3.07. The molecule has 1 aromatic heterocycles. The largest absolute Gasteiger partial charge is 0.481 e. The smallest absolute Gasteiger partial charge is 0.213 e. The molecule has 2 aromatic rings. The second-order valence-electron chi connectivity index (χ2n) is 4.38. The van der Waals surface area contributed by atoms with Crippen molar-refractivity contribution in [3.05, 3.63) is 47.2 Å². The molecule has 0 N–H and O–H groups in total. The van der Waals surface area contributed by atoms with Crippen LogP contribution in [-0.4, -0.2) is 30.4 Å². The number of methoxy groups -OCH3 is 1. The molecule has 0 amide bonds. The highest BCUT2D eigenvalue weighted by Crippen LogP contribution is 2.28. The van der Waals surface area contributed by atoms with Crippen molar-refractivity contribution in [3.63, 3.8) is 0 Å². The summed E-state index contributed by atoms with van der Waals surface area (Å²) in [6.45, 7) is 1.41. The number of ketones is 1. The van der Waals surface area contributed by atoms with E-state index in [1.807, 2.05) is 0 Å². The van der Waals surface area contributed by atoms with Crippen LogP contribution in [0, 0.1) is 0 Å². The fourth-order valence-corrected chi connectivity index (χ4v) is 2.05. The number of pyridine rings is 1. The van der Waals surface area contributed by atoms with Crippen LogP contribution in [-0.2, 0) is 0 Å². The number of nitrogens with zero attached hydrogens (tertiary/aromatic N) is 1. The van der Waals surface area contributed by atoms with Crippen molar-refractivity contribution >= 4 is 18.4 Å². The monoisotopic (exact) mass is 283 g/mol. The molecular formula is C16H13NO4. The lowest BCUT2D eigenvalue weighted by molar-refractivity contribution is 0.101. The minimum atomic E-state index is -0.193. The Balaban J connectivity index is 2.69. The van der Waals surface area contributed by atoms with Gasteiger partial charge in [0, 0.05) is 22.8 Å². The van der Waals surface area contributed by atoms with Gasteiger partial charge < -0.3 is 4.74 Å². The molecule has 0 saturated carbocycles. The zero-order valence-corrected chi connectivity index (χ0v) is 11.6. The number of aldehydes is 2. The average Bonchev–Trinajstić information content (AvgIpc) is 2.53. The first kappa shape index (κ1) is 14.6. The molecule has 21 heavy (non-hydrogen) atoms. The Morgan fingerprint density at radius 3 is 2.38 bits per heavy atom. The van der Waals surface area contributed by atoms with Gasteiger partial charge in [-0.2, -0.15) is 0 Å².